The van der Waals surface area contributed by atoms with E-state index in [1.54, 1.807) is 24.3 Å². The van der Waals surface area contributed by atoms with Crippen molar-refractivity contribution in [1.29, 1.82) is 0 Å². The summed E-state index contributed by atoms with van der Waals surface area (Å²) < 4.78 is 0. The molecule has 0 aliphatic rings. The summed E-state index contributed by atoms with van der Waals surface area (Å²) in [6.45, 7) is 0. The van der Waals surface area contributed by atoms with Crippen molar-refractivity contribution in [2.75, 3.05) is 0 Å². The fourth-order valence-electron chi connectivity index (χ4n) is 1.26. The predicted molar refractivity (Wildman–Crippen MR) is 70.6 cm³/mol. The van der Waals surface area contributed by atoms with Gasteiger partial charge in [0.05, 0.1) is 0 Å². The molecule has 0 saturated heterocycles. The molecule has 0 fully saturated rings. The van der Waals surface area contributed by atoms with Gasteiger partial charge in [-0.2, -0.15) is 0 Å². The zero-order valence-electron chi connectivity index (χ0n) is 10.3. The zero-order chi connectivity index (χ0) is 12.8. The summed E-state index contributed by atoms with van der Waals surface area (Å²) in [7, 11) is 0. The Morgan fingerprint density at radius 2 is 1.00 bits per heavy atom. The number of hydrogen-bond donors (Lipinski definition) is 2. The number of nitrogens with zero attached hydrogens (tertiary/aromatic N) is 2. The third-order valence-electron chi connectivity index (χ3n) is 2.17. The first kappa shape index (κ1) is 17.2. The van der Waals surface area contributed by atoms with Crippen molar-refractivity contribution in [3.8, 4) is 0 Å². The molecule has 2 aromatic heterocycles. The zero-order valence-corrected chi connectivity index (χ0v) is 10.3. The van der Waals surface area contributed by atoms with E-state index in [0.717, 1.165) is 0 Å². The lowest BCUT2D eigenvalue weighted by molar-refractivity contribution is 0.0846. The summed E-state index contributed by atoms with van der Waals surface area (Å²) in [5.41, 5.74) is 5.45. The molecule has 20 heavy (non-hydrogen) atoms. The van der Waals surface area contributed by atoms with E-state index in [1.165, 1.54) is 24.8 Å². The summed E-state index contributed by atoms with van der Waals surface area (Å²) in [5.74, 6) is -0.806. The van der Waals surface area contributed by atoms with Crippen molar-refractivity contribution in [2.45, 2.75) is 0 Å². The smallest absolute Gasteiger partial charge is 0.269 e. The van der Waals surface area contributed by atoms with E-state index < -0.39 is 11.8 Å². The van der Waals surface area contributed by atoms with Crippen LogP contribution < -0.4 is 10.9 Å². The average molecular weight is 278 g/mol. The Hall–Kier alpha value is -2.84. The molecular formula is C12H14N4O4. The summed E-state index contributed by atoms with van der Waals surface area (Å²) in [6, 6.07) is 6.20. The van der Waals surface area contributed by atoms with Crippen LogP contribution in [0.15, 0.2) is 49.1 Å². The Bertz CT molecular complexity index is 496. The van der Waals surface area contributed by atoms with Crippen LogP contribution in [0.2, 0.25) is 0 Å². The molecule has 6 N–H and O–H groups in total. The molecule has 0 spiro atoms. The van der Waals surface area contributed by atoms with Crippen LogP contribution in [0.4, 0.5) is 0 Å². The van der Waals surface area contributed by atoms with Crippen LogP contribution in [0.25, 0.3) is 0 Å². The number of carbonyl (C=O) groups is 2. The van der Waals surface area contributed by atoms with Gasteiger partial charge in [-0.05, 0) is 24.3 Å². The lowest BCUT2D eigenvalue weighted by Gasteiger charge is -2.06. The van der Waals surface area contributed by atoms with E-state index in [9.17, 15) is 9.59 Å². The number of pyridine rings is 2. The summed E-state index contributed by atoms with van der Waals surface area (Å²) in [5, 5.41) is 0. The van der Waals surface area contributed by atoms with E-state index in [0.29, 0.717) is 11.1 Å². The van der Waals surface area contributed by atoms with E-state index in [2.05, 4.69) is 20.8 Å². The maximum absolute atomic E-state index is 11.6. The van der Waals surface area contributed by atoms with Gasteiger partial charge in [0.2, 0.25) is 0 Å². The third-order valence-corrected chi connectivity index (χ3v) is 2.17. The van der Waals surface area contributed by atoms with Crippen molar-refractivity contribution in [1.82, 2.24) is 20.8 Å². The Kier molecular flexibility index (Phi) is 7.12. The number of hydrazine groups is 1. The molecule has 8 heteroatoms. The van der Waals surface area contributed by atoms with Crippen LogP contribution in [-0.4, -0.2) is 32.7 Å². The SMILES string of the molecule is O.O.O=C(NNC(=O)c1ccncc1)c1ccncc1. The fraction of sp³-hybridized carbons (Fsp3) is 0. The van der Waals surface area contributed by atoms with Crippen LogP contribution in [0.5, 0.6) is 0 Å². The first-order valence-corrected chi connectivity index (χ1v) is 5.18. The Morgan fingerprint density at radius 3 is 1.30 bits per heavy atom. The summed E-state index contributed by atoms with van der Waals surface area (Å²) in [6.07, 6.45) is 6.00. The Labute approximate surface area is 114 Å². The van der Waals surface area contributed by atoms with E-state index in [1.807, 2.05) is 0 Å². The highest BCUT2D eigenvalue weighted by atomic mass is 16.2. The molecule has 8 nitrogen and oxygen atoms in total. The highest BCUT2D eigenvalue weighted by Gasteiger charge is 2.07. The molecule has 0 atom stereocenters. The fourth-order valence-corrected chi connectivity index (χ4v) is 1.26. The van der Waals surface area contributed by atoms with Gasteiger partial charge in [-0.3, -0.25) is 30.4 Å². The van der Waals surface area contributed by atoms with Crippen molar-refractivity contribution in [3.05, 3.63) is 60.2 Å². The van der Waals surface area contributed by atoms with Crippen LogP contribution in [0.3, 0.4) is 0 Å². The molecule has 106 valence electrons. The molecule has 2 heterocycles. The van der Waals surface area contributed by atoms with E-state index in [4.69, 9.17) is 0 Å². The van der Waals surface area contributed by atoms with Gasteiger partial charge in [-0.1, -0.05) is 0 Å². The minimum absolute atomic E-state index is 0. The van der Waals surface area contributed by atoms with Gasteiger partial charge in [0.1, 0.15) is 0 Å². The quantitative estimate of drug-likeness (QED) is 0.671. The van der Waals surface area contributed by atoms with Gasteiger partial charge in [-0.25, -0.2) is 0 Å². The first-order valence-electron chi connectivity index (χ1n) is 5.18. The Morgan fingerprint density at radius 1 is 0.700 bits per heavy atom. The van der Waals surface area contributed by atoms with Crippen molar-refractivity contribution < 1.29 is 20.5 Å². The second-order valence-electron chi connectivity index (χ2n) is 3.38. The number of rotatable bonds is 2. The molecule has 2 amide bonds. The molecule has 0 bridgehead atoms. The molecule has 2 rings (SSSR count). The highest BCUT2D eigenvalue weighted by molar-refractivity contribution is 5.98. The number of carbonyl (C=O) groups excluding carboxylic acids is 2. The van der Waals surface area contributed by atoms with E-state index in [-0.39, 0.29) is 11.0 Å². The minimum atomic E-state index is -0.403. The van der Waals surface area contributed by atoms with Gasteiger partial charge in [0, 0.05) is 35.9 Å². The molecule has 0 saturated carbocycles. The topological polar surface area (TPSA) is 147 Å². The highest BCUT2D eigenvalue weighted by Crippen LogP contribution is 1.96. The maximum Gasteiger partial charge on any atom is 0.269 e. The molecule has 0 aliphatic carbocycles. The molecule has 0 aliphatic heterocycles. The predicted octanol–water partition coefficient (Wildman–Crippen LogP) is -1.10. The normalized spacial score (nSPS) is 8.60. The molecular weight excluding hydrogens is 264 g/mol. The van der Waals surface area contributed by atoms with Crippen molar-refractivity contribution in [3.63, 3.8) is 0 Å². The number of aromatic nitrogens is 2. The van der Waals surface area contributed by atoms with Crippen LogP contribution in [-0.2, 0) is 0 Å². The van der Waals surface area contributed by atoms with Crippen LogP contribution in [0, 0.1) is 0 Å². The number of amides is 2. The largest absolute Gasteiger partial charge is 0.412 e. The number of hydrogen-bond acceptors (Lipinski definition) is 4. The minimum Gasteiger partial charge on any atom is -0.412 e. The van der Waals surface area contributed by atoms with Gasteiger partial charge in [0.15, 0.2) is 0 Å². The summed E-state index contributed by atoms with van der Waals surface area (Å²) in [4.78, 5) is 30.8. The lowest BCUT2D eigenvalue weighted by atomic mass is 10.2. The van der Waals surface area contributed by atoms with Gasteiger partial charge >= 0.3 is 0 Å². The van der Waals surface area contributed by atoms with Gasteiger partial charge < -0.3 is 11.0 Å². The second-order valence-corrected chi connectivity index (χ2v) is 3.38. The third kappa shape index (κ3) is 4.44. The molecule has 0 radical (unpaired) electrons. The Balaban J connectivity index is 0.00000180. The molecule has 0 unspecified atom stereocenters. The van der Waals surface area contributed by atoms with E-state index >= 15 is 0 Å². The molecule has 0 aromatic carbocycles. The van der Waals surface area contributed by atoms with Crippen molar-refractivity contribution in [2.24, 2.45) is 0 Å². The van der Waals surface area contributed by atoms with Gasteiger partial charge in [0.25, 0.3) is 11.8 Å². The number of nitrogens with one attached hydrogen (secondary N) is 2. The monoisotopic (exact) mass is 278 g/mol. The molecule has 2 aromatic rings. The first-order chi connectivity index (χ1) is 8.77. The standard InChI is InChI=1S/C12H10N4O2.2H2O/c17-11(9-1-5-13-6-2-9)15-16-12(18)10-3-7-14-8-4-10;;/h1-8H,(H,15,17)(H,16,18);2*1H2. The van der Waals surface area contributed by atoms with Crippen LogP contribution >= 0.6 is 0 Å². The van der Waals surface area contributed by atoms with Gasteiger partial charge in [-0.15, -0.1) is 0 Å². The lowest BCUT2D eigenvalue weighted by Crippen LogP contribution is -2.41. The second kappa shape index (κ2) is 8.29. The summed E-state index contributed by atoms with van der Waals surface area (Å²) >= 11 is 0. The van der Waals surface area contributed by atoms with Crippen LogP contribution in [0.1, 0.15) is 20.7 Å². The van der Waals surface area contributed by atoms with Crippen molar-refractivity contribution >= 4 is 11.8 Å². The average Bonchev–Trinajstić information content (AvgIpc) is 2.46. The maximum atomic E-state index is 11.6.